The molecule has 1 atom stereocenters. The van der Waals surface area contributed by atoms with Gasteiger partial charge < -0.3 is 9.84 Å². The Labute approximate surface area is 68.6 Å². The Morgan fingerprint density at radius 3 is 2.55 bits per heavy atom. The lowest BCUT2D eigenvalue weighted by molar-refractivity contribution is -0.0541. The van der Waals surface area contributed by atoms with Gasteiger partial charge in [-0.15, -0.1) is 0 Å². The maximum absolute atomic E-state index is 9.89. The summed E-state index contributed by atoms with van der Waals surface area (Å²) in [6.45, 7) is 2.60. The van der Waals surface area contributed by atoms with Gasteiger partial charge in [0, 0.05) is 13.7 Å². The van der Waals surface area contributed by atoms with Gasteiger partial charge in [-0.2, -0.15) is 0 Å². The van der Waals surface area contributed by atoms with Gasteiger partial charge in [0.2, 0.25) is 0 Å². The molecule has 1 fully saturated rings. The third kappa shape index (κ3) is 2.17. The van der Waals surface area contributed by atoms with Crippen LogP contribution in [0.15, 0.2) is 0 Å². The van der Waals surface area contributed by atoms with Crippen LogP contribution in [-0.4, -0.2) is 24.4 Å². The van der Waals surface area contributed by atoms with Crippen molar-refractivity contribution in [2.45, 2.75) is 38.2 Å². The van der Waals surface area contributed by atoms with Gasteiger partial charge in [0.1, 0.15) is 0 Å². The molecule has 0 aromatic rings. The van der Waals surface area contributed by atoms with Gasteiger partial charge in [-0.1, -0.05) is 6.42 Å². The molecule has 11 heavy (non-hydrogen) atoms. The van der Waals surface area contributed by atoms with Gasteiger partial charge in [-0.05, 0) is 32.1 Å². The van der Waals surface area contributed by atoms with Gasteiger partial charge in [0.25, 0.3) is 0 Å². The highest BCUT2D eigenvalue weighted by Gasteiger charge is 2.35. The Kier molecular flexibility index (Phi) is 2.90. The zero-order chi connectivity index (χ0) is 8.32. The molecule has 0 aliphatic heterocycles. The second-order valence-electron chi connectivity index (χ2n) is 3.73. The van der Waals surface area contributed by atoms with Crippen molar-refractivity contribution in [3.8, 4) is 0 Å². The Bertz CT molecular complexity index is 117. The van der Waals surface area contributed by atoms with E-state index in [9.17, 15) is 5.11 Å². The van der Waals surface area contributed by atoms with E-state index in [1.165, 1.54) is 19.3 Å². The average Bonchev–Trinajstić information content (AvgIpc) is 1.78. The van der Waals surface area contributed by atoms with E-state index in [0.29, 0.717) is 12.5 Å². The minimum absolute atomic E-state index is 0.478. The summed E-state index contributed by atoms with van der Waals surface area (Å²) in [5.41, 5.74) is -0.478. The van der Waals surface area contributed by atoms with Crippen LogP contribution < -0.4 is 0 Å². The minimum Gasteiger partial charge on any atom is -0.390 e. The number of hydrogen-bond acceptors (Lipinski definition) is 2. The highest BCUT2D eigenvalue weighted by Crippen LogP contribution is 2.37. The second kappa shape index (κ2) is 3.55. The van der Waals surface area contributed by atoms with Crippen molar-refractivity contribution in [3.63, 3.8) is 0 Å². The molecule has 2 nitrogen and oxygen atoms in total. The van der Waals surface area contributed by atoms with Gasteiger partial charge in [0.15, 0.2) is 0 Å². The van der Waals surface area contributed by atoms with Crippen molar-refractivity contribution in [1.82, 2.24) is 0 Å². The third-order valence-electron chi connectivity index (χ3n) is 2.80. The fraction of sp³-hybridized carbons (Fsp3) is 1.00. The van der Waals surface area contributed by atoms with E-state index in [-0.39, 0.29) is 0 Å². The molecule has 1 saturated carbocycles. The molecule has 0 radical (unpaired) electrons. The molecule has 1 rings (SSSR count). The van der Waals surface area contributed by atoms with Crippen molar-refractivity contribution in [2.75, 3.05) is 13.7 Å². The first-order chi connectivity index (χ1) is 5.17. The molecule has 0 saturated heterocycles. The summed E-state index contributed by atoms with van der Waals surface area (Å²) in [7, 11) is 1.68. The molecule has 2 heteroatoms. The Morgan fingerprint density at radius 1 is 1.55 bits per heavy atom. The lowest BCUT2D eigenvalue weighted by Crippen LogP contribution is -2.39. The summed E-state index contributed by atoms with van der Waals surface area (Å²) in [4.78, 5) is 0. The summed E-state index contributed by atoms with van der Waals surface area (Å²) < 4.78 is 4.94. The molecule has 1 aliphatic carbocycles. The molecule has 0 bridgehead atoms. The fourth-order valence-electron chi connectivity index (χ4n) is 1.54. The summed E-state index contributed by atoms with van der Waals surface area (Å²) in [6.07, 6.45) is 4.44. The van der Waals surface area contributed by atoms with Crippen molar-refractivity contribution in [1.29, 1.82) is 0 Å². The van der Waals surface area contributed by atoms with Crippen LogP contribution in [0.2, 0.25) is 0 Å². The van der Waals surface area contributed by atoms with E-state index < -0.39 is 5.60 Å². The van der Waals surface area contributed by atoms with Crippen molar-refractivity contribution < 1.29 is 9.84 Å². The van der Waals surface area contributed by atoms with Crippen LogP contribution >= 0.6 is 0 Å². The summed E-state index contributed by atoms with van der Waals surface area (Å²) >= 11 is 0. The molecule has 1 unspecified atom stereocenters. The Morgan fingerprint density at radius 2 is 2.18 bits per heavy atom. The minimum atomic E-state index is -0.478. The van der Waals surface area contributed by atoms with Crippen molar-refractivity contribution in [2.24, 2.45) is 5.92 Å². The monoisotopic (exact) mass is 158 g/mol. The number of ether oxygens (including phenoxy) is 1. The van der Waals surface area contributed by atoms with Gasteiger partial charge in [-0.3, -0.25) is 0 Å². The van der Waals surface area contributed by atoms with Crippen LogP contribution in [0.4, 0.5) is 0 Å². The molecule has 66 valence electrons. The first-order valence-corrected chi connectivity index (χ1v) is 4.38. The fourth-order valence-corrected chi connectivity index (χ4v) is 1.54. The summed E-state index contributed by atoms with van der Waals surface area (Å²) in [5.74, 6) is 0.526. The van der Waals surface area contributed by atoms with Crippen LogP contribution in [0.3, 0.4) is 0 Å². The highest BCUT2D eigenvalue weighted by molar-refractivity contribution is 4.87. The molecular formula is C9H18O2. The molecule has 0 amide bonds. The summed E-state index contributed by atoms with van der Waals surface area (Å²) in [6, 6.07) is 0. The summed E-state index contributed by atoms with van der Waals surface area (Å²) in [5, 5.41) is 9.89. The number of methoxy groups -OCH3 is 1. The van der Waals surface area contributed by atoms with Crippen LogP contribution in [0, 0.1) is 5.92 Å². The highest BCUT2D eigenvalue weighted by atomic mass is 16.5. The smallest absolute Gasteiger partial charge is 0.0669 e. The van der Waals surface area contributed by atoms with Gasteiger partial charge >= 0.3 is 0 Å². The van der Waals surface area contributed by atoms with Crippen molar-refractivity contribution in [3.05, 3.63) is 0 Å². The molecule has 0 aromatic carbocycles. The maximum atomic E-state index is 9.89. The number of aliphatic hydroxyl groups is 1. The molecule has 0 heterocycles. The number of hydrogen-bond donors (Lipinski definition) is 1. The van der Waals surface area contributed by atoms with E-state index in [1.54, 1.807) is 7.11 Å². The van der Waals surface area contributed by atoms with Gasteiger partial charge in [-0.25, -0.2) is 0 Å². The van der Waals surface area contributed by atoms with Crippen molar-refractivity contribution >= 4 is 0 Å². The van der Waals surface area contributed by atoms with Crippen LogP contribution in [-0.2, 0) is 4.74 Å². The molecule has 1 aliphatic rings. The quantitative estimate of drug-likeness (QED) is 0.673. The number of rotatable bonds is 4. The Balaban J connectivity index is 2.25. The maximum Gasteiger partial charge on any atom is 0.0669 e. The predicted molar refractivity (Wildman–Crippen MR) is 44.5 cm³/mol. The second-order valence-corrected chi connectivity index (χ2v) is 3.73. The van der Waals surface area contributed by atoms with Crippen LogP contribution in [0.5, 0.6) is 0 Å². The molecule has 1 N–H and O–H groups in total. The normalized spacial score (nSPS) is 24.3. The zero-order valence-corrected chi connectivity index (χ0v) is 7.47. The molecule has 0 spiro atoms. The lowest BCUT2D eigenvalue weighted by Gasteiger charge is -2.38. The van der Waals surface area contributed by atoms with E-state index in [0.717, 1.165) is 6.42 Å². The molecular weight excluding hydrogens is 140 g/mol. The van der Waals surface area contributed by atoms with E-state index in [1.807, 2.05) is 6.92 Å². The first-order valence-electron chi connectivity index (χ1n) is 4.38. The largest absolute Gasteiger partial charge is 0.390 e. The van der Waals surface area contributed by atoms with Gasteiger partial charge in [0.05, 0.1) is 5.60 Å². The van der Waals surface area contributed by atoms with E-state index in [2.05, 4.69) is 0 Å². The lowest BCUT2D eigenvalue weighted by atomic mass is 9.72. The predicted octanol–water partition coefficient (Wildman–Crippen LogP) is 1.57. The van der Waals surface area contributed by atoms with Crippen LogP contribution in [0.25, 0.3) is 0 Å². The Hall–Kier alpha value is -0.0800. The first kappa shape index (κ1) is 9.01. The van der Waals surface area contributed by atoms with Crippen LogP contribution in [0.1, 0.15) is 32.6 Å². The van der Waals surface area contributed by atoms with E-state index >= 15 is 0 Å². The standard InChI is InChI=1S/C9H18O2/c1-9(10,6-7-11-2)8-4-3-5-8/h8,10H,3-7H2,1-2H3. The topological polar surface area (TPSA) is 29.5 Å². The SMILES string of the molecule is COCCC(C)(O)C1CCC1. The molecule has 0 aromatic heterocycles. The zero-order valence-electron chi connectivity index (χ0n) is 7.47. The average molecular weight is 158 g/mol. The third-order valence-corrected chi connectivity index (χ3v) is 2.80. The van der Waals surface area contributed by atoms with E-state index in [4.69, 9.17) is 4.74 Å².